The van der Waals surface area contributed by atoms with E-state index >= 15 is 0 Å². The predicted octanol–water partition coefficient (Wildman–Crippen LogP) is 2.33. The summed E-state index contributed by atoms with van der Waals surface area (Å²) in [5.74, 6) is -0.108. The summed E-state index contributed by atoms with van der Waals surface area (Å²) in [6.45, 7) is 5.13. The van der Waals surface area contributed by atoms with Crippen LogP contribution in [0.15, 0.2) is 54.7 Å². The molecule has 0 saturated carbocycles. The van der Waals surface area contributed by atoms with E-state index in [1.165, 1.54) is 0 Å². The van der Waals surface area contributed by atoms with Gasteiger partial charge in [0.1, 0.15) is 11.4 Å². The number of aryl methyl sites for hydroxylation is 1. The summed E-state index contributed by atoms with van der Waals surface area (Å²) in [5, 5.41) is 7.78. The second-order valence-corrected chi connectivity index (χ2v) is 7.23. The summed E-state index contributed by atoms with van der Waals surface area (Å²) >= 11 is 0. The van der Waals surface area contributed by atoms with Gasteiger partial charge in [0, 0.05) is 32.9 Å². The molecular formula is C22H27N5O2. The lowest BCUT2D eigenvalue weighted by molar-refractivity contribution is 0.0374. The number of nitrogens with one attached hydrogen (secondary N) is 1. The van der Waals surface area contributed by atoms with Gasteiger partial charge in [0.15, 0.2) is 0 Å². The summed E-state index contributed by atoms with van der Waals surface area (Å²) in [4.78, 5) is 15.3. The van der Waals surface area contributed by atoms with Crippen LogP contribution in [-0.4, -0.2) is 64.5 Å². The molecule has 1 aliphatic rings. The van der Waals surface area contributed by atoms with Gasteiger partial charge in [-0.2, -0.15) is 5.10 Å². The molecule has 1 aliphatic heterocycles. The number of hydrogen-bond acceptors (Lipinski definition) is 4. The van der Waals surface area contributed by atoms with Gasteiger partial charge in [0.25, 0.3) is 5.91 Å². The molecule has 7 nitrogen and oxygen atoms in total. The number of rotatable bonds is 7. The minimum atomic E-state index is -0.108. The lowest BCUT2D eigenvalue weighted by atomic mass is 10.2. The molecule has 3 heterocycles. The van der Waals surface area contributed by atoms with Crippen molar-refractivity contribution in [3.05, 3.63) is 60.4 Å². The van der Waals surface area contributed by atoms with Gasteiger partial charge < -0.3 is 14.6 Å². The first-order valence-corrected chi connectivity index (χ1v) is 10.1. The van der Waals surface area contributed by atoms with Gasteiger partial charge in [-0.3, -0.25) is 9.69 Å². The fourth-order valence-electron chi connectivity index (χ4n) is 3.58. The Labute approximate surface area is 170 Å². The van der Waals surface area contributed by atoms with Crippen LogP contribution in [0.3, 0.4) is 0 Å². The van der Waals surface area contributed by atoms with Gasteiger partial charge in [-0.15, -0.1) is 0 Å². The second kappa shape index (κ2) is 9.07. The molecule has 1 amide bonds. The third kappa shape index (κ3) is 4.58. The maximum absolute atomic E-state index is 12.9. The topological polar surface area (TPSA) is 64.3 Å². The van der Waals surface area contributed by atoms with Crippen LogP contribution in [0.5, 0.6) is 0 Å². The van der Waals surface area contributed by atoms with Crippen molar-refractivity contribution in [2.24, 2.45) is 7.05 Å². The number of amides is 1. The fourth-order valence-corrected chi connectivity index (χ4v) is 3.58. The average Bonchev–Trinajstić information content (AvgIpc) is 3.39. The fraction of sp³-hybridized carbons (Fsp3) is 0.364. The molecule has 0 unspecified atom stereocenters. The highest BCUT2D eigenvalue weighted by Crippen LogP contribution is 2.22. The van der Waals surface area contributed by atoms with Gasteiger partial charge in [-0.1, -0.05) is 18.2 Å². The second-order valence-electron chi connectivity index (χ2n) is 7.23. The van der Waals surface area contributed by atoms with E-state index in [1.807, 2.05) is 66.3 Å². The van der Waals surface area contributed by atoms with Crippen molar-refractivity contribution in [3.63, 3.8) is 0 Å². The van der Waals surface area contributed by atoms with Crippen molar-refractivity contribution < 1.29 is 9.53 Å². The Bertz CT molecular complexity index is 941. The maximum atomic E-state index is 12.9. The van der Waals surface area contributed by atoms with Crippen molar-refractivity contribution in [3.8, 4) is 17.1 Å². The zero-order chi connectivity index (χ0) is 20.1. The molecule has 0 aliphatic carbocycles. The Kier molecular flexibility index (Phi) is 6.07. The van der Waals surface area contributed by atoms with Gasteiger partial charge in [-0.05, 0) is 43.3 Å². The van der Waals surface area contributed by atoms with Gasteiger partial charge in [0.2, 0.25) is 0 Å². The predicted molar refractivity (Wildman–Crippen MR) is 112 cm³/mol. The first-order valence-electron chi connectivity index (χ1n) is 10.1. The molecule has 1 saturated heterocycles. The summed E-state index contributed by atoms with van der Waals surface area (Å²) in [6, 6.07) is 15.6. The zero-order valence-corrected chi connectivity index (χ0v) is 16.8. The normalized spacial score (nSPS) is 14.8. The molecule has 152 valence electrons. The first kappa shape index (κ1) is 19.4. The van der Waals surface area contributed by atoms with Gasteiger partial charge in [-0.25, -0.2) is 4.68 Å². The van der Waals surface area contributed by atoms with Crippen LogP contribution in [0.4, 0.5) is 0 Å². The van der Waals surface area contributed by atoms with E-state index in [0.29, 0.717) is 12.2 Å². The number of nitrogens with zero attached hydrogens (tertiary/aromatic N) is 4. The summed E-state index contributed by atoms with van der Waals surface area (Å²) in [6.07, 6.45) is 2.89. The van der Waals surface area contributed by atoms with E-state index in [4.69, 9.17) is 9.84 Å². The number of benzene rings is 1. The number of carbonyl (C=O) groups excluding carboxylic acids is 1. The highest BCUT2D eigenvalue weighted by atomic mass is 16.5. The molecule has 1 aromatic carbocycles. The van der Waals surface area contributed by atoms with E-state index < -0.39 is 0 Å². The molecule has 0 atom stereocenters. The van der Waals surface area contributed by atoms with E-state index in [2.05, 4.69) is 10.2 Å². The number of morpholine rings is 1. The smallest absolute Gasteiger partial charge is 0.270 e. The molecule has 1 N–H and O–H groups in total. The van der Waals surface area contributed by atoms with Crippen LogP contribution in [0, 0.1) is 0 Å². The van der Waals surface area contributed by atoms with Crippen LogP contribution in [-0.2, 0) is 11.8 Å². The molecule has 0 bridgehead atoms. The average molecular weight is 393 g/mol. The maximum Gasteiger partial charge on any atom is 0.270 e. The largest absolute Gasteiger partial charge is 0.379 e. The minimum absolute atomic E-state index is 0.108. The zero-order valence-electron chi connectivity index (χ0n) is 16.8. The summed E-state index contributed by atoms with van der Waals surface area (Å²) in [5.41, 5.74) is 3.16. The van der Waals surface area contributed by atoms with Crippen LogP contribution < -0.4 is 5.32 Å². The van der Waals surface area contributed by atoms with E-state index in [9.17, 15) is 4.79 Å². The van der Waals surface area contributed by atoms with Gasteiger partial charge >= 0.3 is 0 Å². The van der Waals surface area contributed by atoms with Crippen LogP contribution in [0.2, 0.25) is 0 Å². The Morgan fingerprint density at radius 1 is 1.14 bits per heavy atom. The van der Waals surface area contributed by atoms with E-state index in [1.54, 1.807) is 4.68 Å². The van der Waals surface area contributed by atoms with E-state index in [-0.39, 0.29) is 5.91 Å². The molecular weight excluding hydrogens is 366 g/mol. The summed E-state index contributed by atoms with van der Waals surface area (Å²) in [7, 11) is 1.97. The van der Waals surface area contributed by atoms with Crippen molar-refractivity contribution in [1.82, 2.24) is 24.6 Å². The number of para-hydroxylation sites is 1. The standard InChI is InChI=1S/C22H27N5O2/c1-25-11-5-9-20(25)19-17-21(27(24-19)18-7-3-2-4-8-18)22(28)23-10-6-12-26-13-15-29-16-14-26/h2-5,7-9,11,17H,6,10,12-16H2,1H3,(H,23,28). The third-order valence-electron chi connectivity index (χ3n) is 5.19. The lowest BCUT2D eigenvalue weighted by Gasteiger charge is -2.26. The number of hydrogen-bond donors (Lipinski definition) is 1. The Morgan fingerprint density at radius 2 is 1.93 bits per heavy atom. The van der Waals surface area contributed by atoms with Crippen LogP contribution in [0.1, 0.15) is 16.9 Å². The minimum Gasteiger partial charge on any atom is -0.379 e. The first-order chi connectivity index (χ1) is 14.2. The van der Waals surface area contributed by atoms with Crippen molar-refractivity contribution in [2.45, 2.75) is 6.42 Å². The summed E-state index contributed by atoms with van der Waals surface area (Å²) < 4.78 is 9.10. The Morgan fingerprint density at radius 3 is 2.66 bits per heavy atom. The molecule has 7 heteroatoms. The Hall–Kier alpha value is -2.90. The van der Waals surface area contributed by atoms with Crippen molar-refractivity contribution in [2.75, 3.05) is 39.4 Å². The van der Waals surface area contributed by atoms with Gasteiger partial charge in [0.05, 0.1) is 24.6 Å². The molecule has 29 heavy (non-hydrogen) atoms. The molecule has 1 fully saturated rings. The van der Waals surface area contributed by atoms with Crippen LogP contribution in [0.25, 0.3) is 17.1 Å². The molecule has 0 spiro atoms. The molecule has 4 rings (SSSR count). The Balaban J connectivity index is 1.48. The SMILES string of the molecule is Cn1cccc1-c1cc(C(=O)NCCCN2CCOCC2)n(-c2ccccc2)n1. The highest BCUT2D eigenvalue weighted by molar-refractivity contribution is 5.94. The van der Waals surface area contributed by atoms with Crippen molar-refractivity contribution >= 4 is 5.91 Å². The van der Waals surface area contributed by atoms with Crippen molar-refractivity contribution in [1.29, 1.82) is 0 Å². The molecule has 3 aromatic rings. The quantitative estimate of drug-likeness (QED) is 0.626. The molecule has 2 aromatic heterocycles. The monoisotopic (exact) mass is 393 g/mol. The van der Waals surface area contributed by atoms with Crippen LogP contribution >= 0.6 is 0 Å². The highest BCUT2D eigenvalue weighted by Gasteiger charge is 2.18. The molecule has 0 radical (unpaired) electrons. The number of ether oxygens (including phenoxy) is 1. The lowest BCUT2D eigenvalue weighted by Crippen LogP contribution is -2.38. The third-order valence-corrected chi connectivity index (χ3v) is 5.19. The number of aromatic nitrogens is 3. The number of carbonyl (C=O) groups is 1. The van der Waals surface area contributed by atoms with E-state index in [0.717, 1.165) is 56.3 Å².